The Balaban J connectivity index is 1.99. The van der Waals surface area contributed by atoms with E-state index in [2.05, 4.69) is 30.3 Å². The van der Waals surface area contributed by atoms with E-state index in [0.29, 0.717) is 13.0 Å². The zero-order valence-corrected chi connectivity index (χ0v) is 15.9. The summed E-state index contributed by atoms with van der Waals surface area (Å²) in [4.78, 5) is 14.8. The Morgan fingerprint density at radius 2 is 1.85 bits per heavy atom. The van der Waals surface area contributed by atoms with Gasteiger partial charge in [0.2, 0.25) is 5.91 Å². The molecule has 1 aliphatic heterocycles. The van der Waals surface area contributed by atoms with Gasteiger partial charge in [0.05, 0.1) is 14.2 Å². The second-order valence-corrected chi connectivity index (χ2v) is 6.72. The molecule has 4 heteroatoms. The Labute approximate surface area is 159 Å². The Hall–Kier alpha value is -3.01. The molecular formula is C23H23NO3. The highest BCUT2D eigenvalue weighted by Gasteiger charge is 2.34. The molecule has 4 rings (SSSR count). The van der Waals surface area contributed by atoms with E-state index in [1.807, 2.05) is 36.1 Å². The van der Waals surface area contributed by atoms with Crippen LogP contribution in [-0.4, -0.2) is 26.7 Å². The first kappa shape index (κ1) is 17.4. The summed E-state index contributed by atoms with van der Waals surface area (Å²) in [6.45, 7) is 2.68. The van der Waals surface area contributed by atoms with Crippen LogP contribution in [0.2, 0.25) is 0 Å². The van der Waals surface area contributed by atoms with Crippen molar-refractivity contribution in [2.75, 3.05) is 25.7 Å². The van der Waals surface area contributed by atoms with Crippen molar-refractivity contribution in [1.82, 2.24) is 0 Å². The van der Waals surface area contributed by atoms with E-state index in [1.165, 1.54) is 16.3 Å². The monoisotopic (exact) mass is 361 g/mol. The smallest absolute Gasteiger partial charge is 0.227 e. The van der Waals surface area contributed by atoms with E-state index in [1.54, 1.807) is 14.2 Å². The molecule has 0 fully saturated rings. The van der Waals surface area contributed by atoms with Crippen LogP contribution in [0.1, 0.15) is 30.4 Å². The van der Waals surface area contributed by atoms with Crippen molar-refractivity contribution in [2.24, 2.45) is 0 Å². The van der Waals surface area contributed by atoms with Crippen LogP contribution in [0.4, 0.5) is 5.69 Å². The highest BCUT2D eigenvalue weighted by atomic mass is 16.5. The standard InChI is InChI=1S/C23H23NO3/c1-4-24-20-12-9-15-7-5-6-8-17(15)23(20)19(14-22(24)25)18-11-10-16(26-2)13-21(18)27-3/h5-13,19H,4,14H2,1-3H3. The van der Waals surface area contributed by atoms with Gasteiger partial charge in [0.15, 0.2) is 0 Å². The highest BCUT2D eigenvalue weighted by Crippen LogP contribution is 2.46. The first-order valence-electron chi connectivity index (χ1n) is 9.21. The van der Waals surface area contributed by atoms with Crippen LogP contribution < -0.4 is 14.4 Å². The van der Waals surface area contributed by atoms with Gasteiger partial charge in [0.25, 0.3) is 0 Å². The van der Waals surface area contributed by atoms with E-state index in [-0.39, 0.29) is 11.8 Å². The largest absolute Gasteiger partial charge is 0.497 e. The number of carbonyl (C=O) groups is 1. The quantitative estimate of drug-likeness (QED) is 0.673. The number of methoxy groups -OCH3 is 2. The van der Waals surface area contributed by atoms with E-state index in [0.717, 1.165) is 22.7 Å². The van der Waals surface area contributed by atoms with E-state index >= 15 is 0 Å². The van der Waals surface area contributed by atoms with Crippen LogP contribution in [0.15, 0.2) is 54.6 Å². The summed E-state index contributed by atoms with van der Waals surface area (Å²) < 4.78 is 11.0. The summed E-state index contributed by atoms with van der Waals surface area (Å²) in [6.07, 6.45) is 0.428. The van der Waals surface area contributed by atoms with Crippen molar-refractivity contribution in [2.45, 2.75) is 19.3 Å². The van der Waals surface area contributed by atoms with Gasteiger partial charge in [0, 0.05) is 36.2 Å². The normalized spacial score (nSPS) is 16.3. The predicted octanol–water partition coefficient (Wildman–Crippen LogP) is 4.75. The number of benzene rings is 3. The second-order valence-electron chi connectivity index (χ2n) is 6.72. The maximum absolute atomic E-state index is 12.9. The molecule has 0 spiro atoms. The minimum Gasteiger partial charge on any atom is -0.497 e. The number of hydrogen-bond donors (Lipinski definition) is 0. The summed E-state index contributed by atoms with van der Waals surface area (Å²) in [5.74, 6) is 1.58. The summed E-state index contributed by atoms with van der Waals surface area (Å²) in [7, 11) is 3.30. The first-order chi connectivity index (χ1) is 13.2. The molecule has 0 aromatic heterocycles. The Bertz CT molecular complexity index is 1010. The third-order valence-electron chi connectivity index (χ3n) is 5.40. The Kier molecular flexibility index (Phi) is 4.48. The van der Waals surface area contributed by atoms with Crippen LogP contribution in [0.25, 0.3) is 10.8 Å². The van der Waals surface area contributed by atoms with Crippen LogP contribution in [0.3, 0.4) is 0 Å². The number of hydrogen-bond acceptors (Lipinski definition) is 3. The molecule has 0 saturated heterocycles. The van der Waals surface area contributed by atoms with Gasteiger partial charge < -0.3 is 14.4 Å². The number of rotatable bonds is 4. The van der Waals surface area contributed by atoms with E-state index < -0.39 is 0 Å². The summed E-state index contributed by atoms with van der Waals surface area (Å²) in [5.41, 5.74) is 3.20. The maximum atomic E-state index is 12.9. The van der Waals surface area contributed by atoms with Crippen molar-refractivity contribution in [3.63, 3.8) is 0 Å². The summed E-state index contributed by atoms with van der Waals surface area (Å²) in [6, 6.07) is 18.4. The average molecular weight is 361 g/mol. The van der Waals surface area contributed by atoms with Gasteiger partial charge in [-0.1, -0.05) is 36.4 Å². The molecule has 1 atom stereocenters. The highest BCUT2D eigenvalue weighted by molar-refractivity contribution is 6.03. The number of ether oxygens (including phenoxy) is 2. The Morgan fingerprint density at radius 1 is 1.04 bits per heavy atom. The molecule has 0 saturated carbocycles. The van der Waals surface area contributed by atoms with E-state index in [4.69, 9.17) is 9.47 Å². The lowest BCUT2D eigenvalue weighted by Crippen LogP contribution is -2.36. The molecule has 1 amide bonds. The summed E-state index contributed by atoms with van der Waals surface area (Å²) in [5, 5.41) is 2.36. The van der Waals surface area contributed by atoms with Crippen LogP contribution in [0.5, 0.6) is 11.5 Å². The lowest BCUT2D eigenvalue weighted by molar-refractivity contribution is -0.119. The van der Waals surface area contributed by atoms with Gasteiger partial charge in [-0.3, -0.25) is 4.79 Å². The van der Waals surface area contributed by atoms with Crippen molar-refractivity contribution in [1.29, 1.82) is 0 Å². The molecule has 1 unspecified atom stereocenters. The van der Waals surface area contributed by atoms with Gasteiger partial charge in [-0.2, -0.15) is 0 Å². The number of fused-ring (bicyclic) bond motifs is 3. The minimum atomic E-state index is -0.0535. The molecule has 1 heterocycles. The van der Waals surface area contributed by atoms with Gasteiger partial charge in [-0.15, -0.1) is 0 Å². The zero-order chi connectivity index (χ0) is 19.0. The molecule has 27 heavy (non-hydrogen) atoms. The zero-order valence-electron chi connectivity index (χ0n) is 15.9. The molecule has 0 aliphatic carbocycles. The van der Waals surface area contributed by atoms with Gasteiger partial charge in [-0.25, -0.2) is 0 Å². The molecule has 3 aromatic carbocycles. The molecule has 0 bridgehead atoms. The van der Waals surface area contributed by atoms with Gasteiger partial charge in [0.1, 0.15) is 11.5 Å². The fraction of sp³-hybridized carbons (Fsp3) is 0.261. The fourth-order valence-electron chi connectivity index (χ4n) is 4.13. The Morgan fingerprint density at radius 3 is 2.59 bits per heavy atom. The van der Waals surface area contributed by atoms with E-state index in [9.17, 15) is 4.79 Å². The molecule has 4 nitrogen and oxygen atoms in total. The number of carbonyl (C=O) groups excluding carboxylic acids is 1. The van der Waals surface area contributed by atoms with Crippen LogP contribution in [0, 0.1) is 0 Å². The minimum absolute atomic E-state index is 0.0535. The molecule has 138 valence electrons. The second kappa shape index (κ2) is 6.95. The van der Waals surface area contributed by atoms with Gasteiger partial charge >= 0.3 is 0 Å². The molecular weight excluding hydrogens is 338 g/mol. The van der Waals surface area contributed by atoms with Crippen molar-refractivity contribution in [3.05, 3.63) is 65.7 Å². The fourth-order valence-corrected chi connectivity index (χ4v) is 4.13. The third kappa shape index (κ3) is 2.81. The first-order valence-corrected chi connectivity index (χ1v) is 9.21. The predicted molar refractivity (Wildman–Crippen MR) is 108 cm³/mol. The third-order valence-corrected chi connectivity index (χ3v) is 5.40. The topological polar surface area (TPSA) is 38.8 Å². The SMILES string of the molecule is CCN1C(=O)CC(c2ccc(OC)cc2OC)c2c1ccc1ccccc21. The molecule has 1 aliphatic rings. The summed E-state index contributed by atoms with van der Waals surface area (Å²) >= 11 is 0. The lowest BCUT2D eigenvalue weighted by atomic mass is 9.81. The average Bonchev–Trinajstić information content (AvgIpc) is 2.72. The molecule has 0 N–H and O–H groups in total. The number of amides is 1. The van der Waals surface area contributed by atoms with Crippen molar-refractivity contribution < 1.29 is 14.3 Å². The molecule has 0 radical (unpaired) electrons. The number of nitrogens with zero attached hydrogens (tertiary/aromatic N) is 1. The number of anilines is 1. The lowest BCUT2D eigenvalue weighted by Gasteiger charge is -2.35. The van der Waals surface area contributed by atoms with Crippen LogP contribution >= 0.6 is 0 Å². The maximum Gasteiger partial charge on any atom is 0.227 e. The van der Waals surface area contributed by atoms with Crippen molar-refractivity contribution in [3.8, 4) is 11.5 Å². The van der Waals surface area contributed by atoms with Gasteiger partial charge in [-0.05, 0) is 35.4 Å². The molecule has 3 aromatic rings. The van der Waals surface area contributed by atoms with Crippen molar-refractivity contribution >= 4 is 22.4 Å². The van der Waals surface area contributed by atoms with Crippen LogP contribution in [-0.2, 0) is 4.79 Å².